The van der Waals surface area contributed by atoms with E-state index in [0.717, 1.165) is 18.8 Å². The molecule has 0 unspecified atom stereocenters. The largest absolute Gasteiger partial charge is 0.491 e. The highest BCUT2D eigenvalue weighted by Gasteiger charge is 2.20. The van der Waals surface area contributed by atoms with Crippen molar-refractivity contribution in [2.24, 2.45) is 0 Å². The lowest BCUT2D eigenvalue weighted by molar-refractivity contribution is -0.131. The van der Waals surface area contributed by atoms with E-state index < -0.39 is 0 Å². The van der Waals surface area contributed by atoms with Crippen molar-refractivity contribution in [1.29, 1.82) is 0 Å². The summed E-state index contributed by atoms with van der Waals surface area (Å²) >= 11 is 12.1. The Balaban J connectivity index is 1.49. The van der Waals surface area contributed by atoms with E-state index in [1.807, 2.05) is 11.0 Å². The zero-order valence-corrected chi connectivity index (χ0v) is 18.9. The Kier molecular flexibility index (Phi) is 8.37. The molecule has 1 aromatic heterocycles. The van der Waals surface area contributed by atoms with Gasteiger partial charge in [0.15, 0.2) is 0 Å². The number of amides is 1. The number of pyridine rings is 1. The number of carbonyl (C=O) groups is 2. The molecule has 0 aliphatic carbocycles. The Labute approximate surface area is 191 Å². The molecule has 7 nitrogen and oxygen atoms in total. The molecule has 1 fully saturated rings. The van der Waals surface area contributed by atoms with E-state index in [0.29, 0.717) is 47.6 Å². The number of rotatable bonds is 7. The predicted molar refractivity (Wildman–Crippen MR) is 120 cm³/mol. The summed E-state index contributed by atoms with van der Waals surface area (Å²) in [6.45, 7) is 5.04. The van der Waals surface area contributed by atoms with Crippen molar-refractivity contribution in [3.05, 3.63) is 52.1 Å². The van der Waals surface area contributed by atoms with Crippen LogP contribution in [0.1, 0.15) is 30.1 Å². The predicted octanol–water partition coefficient (Wildman–Crippen LogP) is 4.07. The first kappa shape index (κ1) is 23.2. The third kappa shape index (κ3) is 6.24. The van der Waals surface area contributed by atoms with Crippen molar-refractivity contribution in [3.63, 3.8) is 0 Å². The number of hydrogen-bond donors (Lipinski definition) is 0. The van der Waals surface area contributed by atoms with Crippen molar-refractivity contribution >= 4 is 40.9 Å². The molecule has 31 heavy (non-hydrogen) atoms. The van der Waals surface area contributed by atoms with Crippen LogP contribution in [0.25, 0.3) is 0 Å². The Bertz CT molecular complexity index is 908. The smallest absolute Gasteiger partial charge is 0.339 e. The first-order valence-electron chi connectivity index (χ1n) is 10.2. The van der Waals surface area contributed by atoms with Gasteiger partial charge in [-0.15, -0.1) is 0 Å². The van der Waals surface area contributed by atoms with Gasteiger partial charge in [0, 0.05) is 32.4 Å². The molecule has 1 aliphatic heterocycles. The summed E-state index contributed by atoms with van der Waals surface area (Å²) in [7, 11) is 0. The number of carbonyl (C=O) groups excluding carboxylic acids is 2. The van der Waals surface area contributed by atoms with E-state index in [2.05, 4.69) is 9.88 Å². The van der Waals surface area contributed by atoms with Gasteiger partial charge in [-0.25, -0.2) is 9.78 Å². The molecular formula is C22H25Cl2N3O4. The van der Waals surface area contributed by atoms with Crippen molar-refractivity contribution in [2.45, 2.75) is 19.8 Å². The topological polar surface area (TPSA) is 72.0 Å². The number of hydrogen-bond acceptors (Lipinski definition) is 6. The Morgan fingerprint density at radius 3 is 2.68 bits per heavy atom. The van der Waals surface area contributed by atoms with Crippen LogP contribution < -0.4 is 9.64 Å². The SMILES string of the molecule is CCOC(=O)c1ccc(N2CCCN(C(=O)CCOc3cccc(Cl)c3Cl)CC2)nc1. The monoisotopic (exact) mass is 465 g/mol. The number of aromatic nitrogens is 1. The molecule has 9 heteroatoms. The van der Waals surface area contributed by atoms with Gasteiger partial charge in [-0.2, -0.15) is 0 Å². The van der Waals surface area contributed by atoms with Gasteiger partial charge < -0.3 is 19.3 Å². The number of ether oxygens (including phenoxy) is 2. The quantitative estimate of drug-likeness (QED) is 0.573. The minimum Gasteiger partial charge on any atom is -0.491 e. The van der Waals surface area contributed by atoms with Gasteiger partial charge in [-0.05, 0) is 37.6 Å². The van der Waals surface area contributed by atoms with Crippen molar-refractivity contribution in [2.75, 3.05) is 44.3 Å². The standard InChI is InChI=1S/C22H25Cl2N3O4/c1-2-30-22(29)16-7-8-19(25-15-16)26-10-4-11-27(13-12-26)20(28)9-14-31-18-6-3-5-17(23)21(18)24/h3,5-8,15H,2,4,9-14H2,1H3. The molecule has 1 aliphatic rings. The van der Waals surface area contributed by atoms with E-state index in [1.54, 1.807) is 31.2 Å². The Hall–Kier alpha value is -2.51. The first-order valence-corrected chi connectivity index (χ1v) is 11.0. The van der Waals surface area contributed by atoms with Gasteiger partial charge in [-0.1, -0.05) is 29.3 Å². The number of nitrogens with zero attached hydrogens (tertiary/aromatic N) is 3. The molecule has 0 spiro atoms. The summed E-state index contributed by atoms with van der Waals surface area (Å²) in [6.07, 6.45) is 2.61. The lowest BCUT2D eigenvalue weighted by atomic mass is 10.2. The average molecular weight is 466 g/mol. The number of benzene rings is 1. The summed E-state index contributed by atoms with van der Waals surface area (Å²) in [5.41, 5.74) is 0.428. The van der Waals surface area contributed by atoms with Crippen LogP contribution in [-0.2, 0) is 9.53 Å². The van der Waals surface area contributed by atoms with Crippen LogP contribution in [0.2, 0.25) is 10.0 Å². The maximum atomic E-state index is 12.6. The molecule has 2 heterocycles. The van der Waals surface area contributed by atoms with E-state index >= 15 is 0 Å². The lowest BCUT2D eigenvalue weighted by Crippen LogP contribution is -2.36. The van der Waals surface area contributed by atoms with Crippen LogP contribution in [0.4, 0.5) is 5.82 Å². The minimum atomic E-state index is -0.379. The molecule has 1 amide bonds. The molecule has 0 N–H and O–H groups in total. The molecule has 0 saturated carbocycles. The lowest BCUT2D eigenvalue weighted by Gasteiger charge is -2.23. The summed E-state index contributed by atoms with van der Waals surface area (Å²) in [6, 6.07) is 8.69. The summed E-state index contributed by atoms with van der Waals surface area (Å²) < 4.78 is 10.6. The van der Waals surface area contributed by atoms with E-state index in [4.69, 9.17) is 32.7 Å². The first-order chi connectivity index (χ1) is 15.0. The fraction of sp³-hybridized carbons (Fsp3) is 0.409. The van der Waals surface area contributed by atoms with E-state index in [-0.39, 0.29) is 24.9 Å². The Morgan fingerprint density at radius 1 is 1.10 bits per heavy atom. The van der Waals surface area contributed by atoms with Crippen LogP contribution in [-0.4, -0.2) is 61.2 Å². The van der Waals surface area contributed by atoms with Crippen LogP contribution in [0.5, 0.6) is 5.75 Å². The third-order valence-electron chi connectivity index (χ3n) is 4.92. The summed E-state index contributed by atoms with van der Waals surface area (Å²) in [5.74, 6) is 0.906. The molecule has 0 atom stereocenters. The highest BCUT2D eigenvalue weighted by molar-refractivity contribution is 6.42. The Morgan fingerprint density at radius 2 is 1.94 bits per heavy atom. The number of anilines is 1. The van der Waals surface area contributed by atoms with E-state index in [1.165, 1.54) is 6.20 Å². The molecule has 1 aromatic carbocycles. The van der Waals surface area contributed by atoms with Gasteiger partial charge >= 0.3 is 5.97 Å². The molecule has 1 saturated heterocycles. The number of esters is 1. The van der Waals surface area contributed by atoms with Crippen molar-refractivity contribution in [3.8, 4) is 5.75 Å². The normalized spacial score (nSPS) is 14.2. The second kappa shape index (κ2) is 11.2. The molecule has 3 rings (SSSR count). The van der Waals surface area contributed by atoms with Crippen LogP contribution >= 0.6 is 23.2 Å². The highest BCUT2D eigenvalue weighted by Crippen LogP contribution is 2.31. The fourth-order valence-corrected chi connectivity index (χ4v) is 3.65. The maximum absolute atomic E-state index is 12.6. The van der Waals surface area contributed by atoms with Crippen LogP contribution in [0.3, 0.4) is 0 Å². The second-order valence-corrected chi connectivity index (χ2v) is 7.78. The maximum Gasteiger partial charge on any atom is 0.339 e. The van der Waals surface area contributed by atoms with Gasteiger partial charge in [0.1, 0.15) is 16.6 Å². The van der Waals surface area contributed by atoms with E-state index in [9.17, 15) is 9.59 Å². The average Bonchev–Trinajstić information content (AvgIpc) is 3.03. The number of halogens is 2. The third-order valence-corrected chi connectivity index (χ3v) is 5.72. The van der Waals surface area contributed by atoms with Crippen molar-refractivity contribution < 1.29 is 19.1 Å². The molecule has 0 bridgehead atoms. The van der Waals surface area contributed by atoms with Gasteiger partial charge in [-0.3, -0.25) is 4.79 Å². The molecule has 0 radical (unpaired) electrons. The van der Waals surface area contributed by atoms with Crippen molar-refractivity contribution in [1.82, 2.24) is 9.88 Å². The van der Waals surface area contributed by atoms with Crippen LogP contribution in [0.15, 0.2) is 36.5 Å². The summed E-state index contributed by atoms with van der Waals surface area (Å²) in [4.78, 5) is 32.7. The van der Waals surface area contributed by atoms with Gasteiger partial charge in [0.25, 0.3) is 0 Å². The van der Waals surface area contributed by atoms with Gasteiger partial charge in [0.05, 0.1) is 30.2 Å². The fourth-order valence-electron chi connectivity index (χ4n) is 3.31. The van der Waals surface area contributed by atoms with Crippen LogP contribution in [0, 0.1) is 0 Å². The molecule has 166 valence electrons. The minimum absolute atomic E-state index is 0.0330. The molecule has 2 aromatic rings. The second-order valence-electron chi connectivity index (χ2n) is 7.00. The zero-order chi connectivity index (χ0) is 22.2. The molecular weight excluding hydrogens is 441 g/mol. The summed E-state index contributed by atoms with van der Waals surface area (Å²) in [5, 5.41) is 0.769. The highest BCUT2D eigenvalue weighted by atomic mass is 35.5. The van der Waals surface area contributed by atoms with Gasteiger partial charge in [0.2, 0.25) is 5.91 Å². The zero-order valence-electron chi connectivity index (χ0n) is 17.4.